The lowest BCUT2D eigenvalue weighted by atomic mass is 9.85. The van der Waals surface area contributed by atoms with E-state index >= 15 is 0 Å². The zero-order chi connectivity index (χ0) is 14.1. The summed E-state index contributed by atoms with van der Waals surface area (Å²) in [4.78, 5) is 11.5. The summed E-state index contributed by atoms with van der Waals surface area (Å²) < 4.78 is 4.98. The number of carbonyl (C=O) groups excluding carboxylic acids is 1. The van der Waals surface area contributed by atoms with Gasteiger partial charge in [0, 0.05) is 6.42 Å². The van der Waals surface area contributed by atoms with E-state index in [9.17, 15) is 25.2 Å². The number of amides is 1. The molecule has 0 aromatic heterocycles. The lowest BCUT2D eigenvalue weighted by molar-refractivity contribution is -0.133. The summed E-state index contributed by atoms with van der Waals surface area (Å²) in [6.07, 6.45) is -6.14. The first-order valence-electron chi connectivity index (χ1n) is 5.83. The fourth-order valence-electron chi connectivity index (χ4n) is 1.83. The third kappa shape index (κ3) is 3.81. The molecule has 0 heterocycles. The van der Waals surface area contributed by atoms with Gasteiger partial charge in [-0.3, -0.25) is 0 Å². The van der Waals surface area contributed by atoms with Crippen LogP contribution < -0.4 is 5.32 Å². The Labute approximate surface area is 105 Å². The van der Waals surface area contributed by atoms with Crippen LogP contribution in [0.25, 0.3) is 0 Å². The first kappa shape index (κ1) is 15.2. The number of alkyl carbamates (subject to hydrolysis) is 1. The normalized spacial score (nSPS) is 37.2. The van der Waals surface area contributed by atoms with Crippen molar-refractivity contribution in [3.8, 4) is 0 Å². The molecular weight excluding hydrogens is 242 g/mol. The molecule has 1 aliphatic carbocycles. The van der Waals surface area contributed by atoms with Gasteiger partial charge in [0.25, 0.3) is 0 Å². The Kier molecular flexibility index (Phi) is 4.55. The molecule has 0 aromatic carbocycles. The summed E-state index contributed by atoms with van der Waals surface area (Å²) in [6.45, 7) is 5.04. The molecule has 7 nitrogen and oxygen atoms in total. The first-order chi connectivity index (χ1) is 8.11. The van der Waals surface area contributed by atoms with E-state index in [-0.39, 0.29) is 6.42 Å². The number of nitrogens with one attached hydrogen (secondary N) is 1. The minimum Gasteiger partial charge on any atom is -0.444 e. The van der Waals surface area contributed by atoms with Gasteiger partial charge in [-0.2, -0.15) is 0 Å². The number of rotatable bonds is 1. The van der Waals surface area contributed by atoms with Gasteiger partial charge in [0.2, 0.25) is 0 Å². The molecular formula is C11H21NO6. The van der Waals surface area contributed by atoms with Crippen LogP contribution in [-0.2, 0) is 4.74 Å². The topological polar surface area (TPSA) is 119 Å². The maximum atomic E-state index is 11.5. The molecule has 1 amide bonds. The molecule has 0 bridgehead atoms. The fraction of sp³-hybridized carbons (Fsp3) is 0.909. The molecule has 1 fully saturated rings. The summed E-state index contributed by atoms with van der Waals surface area (Å²) in [5.41, 5.74) is -0.702. The predicted octanol–water partition coefficient (Wildman–Crippen LogP) is -1.27. The van der Waals surface area contributed by atoms with Crippen LogP contribution in [-0.4, -0.2) is 62.6 Å². The standard InChI is InChI=1S/C11H21NO6/c1-11(2,3)18-10(17)12-7-5(13)4-6(14)8(15)9(7)16/h5-9,13-16H,4H2,1-3H3,(H,12,17)/t5-,6?,7-,8?,9+/m0/s1. The molecule has 2 unspecified atom stereocenters. The molecule has 7 heteroatoms. The number of ether oxygens (including phenoxy) is 1. The highest BCUT2D eigenvalue weighted by atomic mass is 16.6. The highest BCUT2D eigenvalue weighted by molar-refractivity contribution is 5.68. The molecule has 0 aliphatic heterocycles. The molecule has 1 saturated carbocycles. The van der Waals surface area contributed by atoms with Crippen LogP contribution in [0, 0.1) is 0 Å². The molecule has 5 N–H and O–H groups in total. The van der Waals surface area contributed by atoms with Crippen molar-refractivity contribution >= 4 is 6.09 Å². The van der Waals surface area contributed by atoms with Crippen molar-refractivity contribution in [2.45, 2.75) is 63.3 Å². The number of carbonyl (C=O) groups is 1. The summed E-state index contributed by atoms with van der Waals surface area (Å²) >= 11 is 0. The third-order valence-electron chi connectivity index (χ3n) is 2.69. The van der Waals surface area contributed by atoms with E-state index < -0.39 is 42.2 Å². The van der Waals surface area contributed by atoms with Gasteiger partial charge in [0.05, 0.1) is 18.2 Å². The summed E-state index contributed by atoms with van der Waals surface area (Å²) in [6, 6.07) is -1.07. The van der Waals surface area contributed by atoms with E-state index in [1.165, 1.54) is 0 Å². The molecule has 0 spiro atoms. The molecule has 1 rings (SSSR count). The van der Waals surface area contributed by atoms with Crippen molar-refractivity contribution in [3.63, 3.8) is 0 Å². The average molecular weight is 263 g/mol. The Morgan fingerprint density at radius 2 is 1.67 bits per heavy atom. The second-order valence-corrected chi connectivity index (χ2v) is 5.52. The van der Waals surface area contributed by atoms with Crippen molar-refractivity contribution in [2.24, 2.45) is 0 Å². The van der Waals surface area contributed by atoms with E-state index in [4.69, 9.17) is 4.74 Å². The van der Waals surface area contributed by atoms with Crippen molar-refractivity contribution in [3.05, 3.63) is 0 Å². The molecule has 0 aromatic rings. The molecule has 106 valence electrons. The van der Waals surface area contributed by atoms with Crippen molar-refractivity contribution in [1.29, 1.82) is 0 Å². The lowest BCUT2D eigenvalue weighted by Gasteiger charge is -2.39. The molecule has 5 atom stereocenters. The zero-order valence-electron chi connectivity index (χ0n) is 10.7. The fourth-order valence-corrected chi connectivity index (χ4v) is 1.83. The van der Waals surface area contributed by atoms with E-state index in [1.54, 1.807) is 20.8 Å². The van der Waals surface area contributed by atoms with Gasteiger partial charge >= 0.3 is 6.09 Å². The van der Waals surface area contributed by atoms with Gasteiger partial charge in [-0.1, -0.05) is 0 Å². The highest BCUT2D eigenvalue weighted by Gasteiger charge is 2.43. The van der Waals surface area contributed by atoms with Gasteiger partial charge in [-0.15, -0.1) is 0 Å². The van der Waals surface area contributed by atoms with Gasteiger partial charge in [-0.25, -0.2) is 4.79 Å². The maximum Gasteiger partial charge on any atom is 0.408 e. The van der Waals surface area contributed by atoms with Crippen molar-refractivity contribution in [2.75, 3.05) is 0 Å². The minimum atomic E-state index is -1.45. The second-order valence-electron chi connectivity index (χ2n) is 5.52. The second kappa shape index (κ2) is 5.40. The predicted molar refractivity (Wildman–Crippen MR) is 61.8 cm³/mol. The minimum absolute atomic E-state index is 0.126. The third-order valence-corrected chi connectivity index (χ3v) is 2.69. The van der Waals surface area contributed by atoms with Crippen molar-refractivity contribution < 1.29 is 30.0 Å². The summed E-state index contributed by atoms with van der Waals surface area (Å²) in [5.74, 6) is 0. The van der Waals surface area contributed by atoms with E-state index in [0.29, 0.717) is 0 Å². The quantitative estimate of drug-likeness (QED) is 0.402. The Balaban J connectivity index is 2.62. The van der Waals surface area contributed by atoms with Crippen LogP contribution in [0.2, 0.25) is 0 Å². The van der Waals surface area contributed by atoms with Gasteiger partial charge < -0.3 is 30.5 Å². The van der Waals surface area contributed by atoms with E-state index in [1.807, 2.05) is 0 Å². The number of hydrogen-bond donors (Lipinski definition) is 5. The Bertz CT molecular complexity index is 302. The number of aliphatic hydroxyl groups is 4. The van der Waals surface area contributed by atoms with Crippen LogP contribution in [0.3, 0.4) is 0 Å². The maximum absolute atomic E-state index is 11.5. The van der Waals surface area contributed by atoms with Crippen LogP contribution >= 0.6 is 0 Å². The van der Waals surface area contributed by atoms with Gasteiger partial charge in [0.15, 0.2) is 0 Å². The molecule has 18 heavy (non-hydrogen) atoms. The number of hydrogen-bond acceptors (Lipinski definition) is 6. The van der Waals surface area contributed by atoms with Gasteiger partial charge in [0.1, 0.15) is 17.8 Å². The van der Waals surface area contributed by atoms with Crippen LogP contribution in [0.15, 0.2) is 0 Å². The molecule has 1 aliphatic rings. The smallest absolute Gasteiger partial charge is 0.408 e. The highest BCUT2D eigenvalue weighted by Crippen LogP contribution is 2.21. The summed E-state index contributed by atoms with van der Waals surface area (Å²) in [5, 5.41) is 40.5. The Morgan fingerprint density at radius 1 is 1.11 bits per heavy atom. The van der Waals surface area contributed by atoms with E-state index in [0.717, 1.165) is 0 Å². The van der Waals surface area contributed by atoms with E-state index in [2.05, 4.69) is 5.32 Å². The SMILES string of the molecule is CC(C)(C)OC(=O)N[C@H]1[C@@H](O)CC(O)C(O)[C@@H]1O. The Hall–Kier alpha value is -0.890. The largest absolute Gasteiger partial charge is 0.444 e. The van der Waals surface area contributed by atoms with Crippen LogP contribution in [0.1, 0.15) is 27.2 Å². The molecule has 0 saturated heterocycles. The molecule has 0 radical (unpaired) electrons. The number of aliphatic hydroxyl groups excluding tert-OH is 4. The monoisotopic (exact) mass is 263 g/mol. The average Bonchev–Trinajstić information content (AvgIpc) is 2.19. The lowest BCUT2D eigenvalue weighted by Crippen LogP contribution is -2.62. The van der Waals surface area contributed by atoms with Crippen molar-refractivity contribution in [1.82, 2.24) is 5.32 Å². The Morgan fingerprint density at radius 3 is 2.17 bits per heavy atom. The van der Waals surface area contributed by atoms with Crippen LogP contribution in [0.5, 0.6) is 0 Å². The first-order valence-corrected chi connectivity index (χ1v) is 5.83. The zero-order valence-corrected chi connectivity index (χ0v) is 10.7. The summed E-state index contributed by atoms with van der Waals surface area (Å²) in [7, 11) is 0. The van der Waals surface area contributed by atoms with Crippen LogP contribution in [0.4, 0.5) is 4.79 Å². The van der Waals surface area contributed by atoms with Gasteiger partial charge in [-0.05, 0) is 20.8 Å².